The van der Waals surface area contributed by atoms with Crippen molar-refractivity contribution in [2.45, 2.75) is 65.5 Å². The molecule has 0 bridgehead atoms. The minimum Gasteiger partial charge on any atom is -0.377 e. The van der Waals surface area contributed by atoms with E-state index in [-0.39, 0.29) is 23.7 Å². The Balaban J connectivity index is 1.88. The van der Waals surface area contributed by atoms with E-state index in [0.717, 1.165) is 61.0 Å². The maximum atomic E-state index is 13.5. The van der Waals surface area contributed by atoms with Crippen molar-refractivity contribution < 1.29 is 9.59 Å². The predicted octanol–water partition coefficient (Wildman–Crippen LogP) is 5.85. The Hall–Kier alpha value is -2.82. The van der Waals surface area contributed by atoms with E-state index in [1.165, 1.54) is 0 Å². The van der Waals surface area contributed by atoms with Crippen LogP contribution in [0.3, 0.4) is 0 Å². The van der Waals surface area contributed by atoms with Crippen LogP contribution in [0.1, 0.15) is 63.5 Å². The zero-order valence-corrected chi connectivity index (χ0v) is 20.6. The average molecular weight is 450 g/mol. The fourth-order valence-corrected chi connectivity index (χ4v) is 4.78. The van der Waals surface area contributed by atoms with Gasteiger partial charge in [-0.15, -0.1) is 0 Å². The Bertz CT molecular complexity index is 916. The molecular formula is C28H39N3O2. The van der Waals surface area contributed by atoms with Gasteiger partial charge in [-0.2, -0.15) is 0 Å². The van der Waals surface area contributed by atoms with E-state index in [4.69, 9.17) is 0 Å². The molecule has 0 heterocycles. The fourth-order valence-electron chi connectivity index (χ4n) is 4.78. The number of nitrogens with zero attached hydrogens (tertiary/aromatic N) is 2. The highest BCUT2D eigenvalue weighted by Crippen LogP contribution is 2.29. The molecule has 5 nitrogen and oxygen atoms in total. The zero-order valence-electron chi connectivity index (χ0n) is 20.6. The van der Waals surface area contributed by atoms with Crippen LogP contribution >= 0.6 is 0 Å². The lowest BCUT2D eigenvalue weighted by Gasteiger charge is -2.29. The second kappa shape index (κ2) is 11.9. The first-order valence-electron chi connectivity index (χ1n) is 12.4. The molecule has 0 radical (unpaired) electrons. The lowest BCUT2D eigenvalue weighted by molar-refractivity contribution is -0.137. The Kier molecular flexibility index (Phi) is 8.93. The van der Waals surface area contributed by atoms with Crippen molar-refractivity contribution in [3.8, 4) is 0 Å². The number of nitrogens with one attached hydrogen (secondary N) is 1. The zero-order chi connectivity index (χ0) is 23.8. The van der Waals surface area contributed by atoms with Crippen LogP contribution in [0.2, 0.25) is 0 Å². The second-order valence-corrected chi connectivity index (χ2v) is 9.40. The quantitative estimate of drug-likeness (QED) is 0.495. The Labute approximate surface area is 199 Å². The largest absolute Gasteiger partial charge is 0.377 e. The third-order valence-corrected chi connectivity index (χ3v) is 6.78. The molecule has 0 spiro atoms. The van der Waals surface area contributed by atoms with Gasteiger partial charge in [0.2, 0.25) is 11.8 Å². The lowest BCUT2D eigenvalue weighted by Crippen LogP contribution is -2.35. The Morgan fingerprint density at radius 2 is 1.64 bits per heavy atom. The van der Waals surface area contributed by atoms with Crippen LogP contribution in [0.4, 0.5) is 11.4 Å². The van der Waals surface area contributed by atoms with Crippen molar-refractivity contribution in [2.24, 2.45) is 11.8 Å². The topological polar surface area (TPSA) is 52.7 Å². The second-order valence-electron chi connectivity index (χ2n) is 9.40. The summed E-state index contributed by atoms with van der Waals surface area (Å²) < 4.78 is 0. The molecule has 0 saturated heterocycles. The van der Waals surface area contributed by atoms with Gasteiger partial charge in [0.1, 0.15) is 0 Å². The normalized spacial score (nSPS) is 13.8. The molecule has 1 saturated carbocycles. The van der Waals surface area contributed by atoms with Crippen molar-refractivity contribution >= 4 is 23.2 Å². The van der Waals surface area contributed by atoms with E-state index in [2.05, 4.69) is 36.2 Å². The monoisotopic (exact) mass is 449 g/mol. The van der Waals surface area contributed by atoms with Crippen molar-refractivity contribution in [3.05, 3.63) is 59.7 Å². The van der Waals surface area contributed by atoms with E-state index in [0.29, 0.717) is 13.1 Å². The average Bonchev–Trinajstić information content (AvgIpc) is 3.35. The summed E-state index contributed by atoms with van der Waals surface area (Å²) in [6.45, 7) is 5.24. The van der Waals surface area contributed by atoms with Crippen LogP contribution in [0, 0.1) is 11.8 Å². The molecule has 0 aliphatic heterocycles. The number of carbonyl (C=O) groups is 2. The summed E-state index contributed by atoms with van der Waals surface area (Å²) in [5.41, 5.74) is 4.03. The Morgan fingerprint density at radius 1 is 0.970 bits per heavy atom. The molecule has 2 aromatic rings. The molecular weight excluding hydrogens is 410 g/mol. The molecule has 2 amide bonds. The van der Waals surface area contributed by atoms with Gasteiger partial charge in [-0.25, -0.2) is 0 Å². The summed E-state index contributed by atoms with van der Waals surface area (Å²) in [5.74, 6) is 0.439. The molecule has 3 rings (SSSR count). The first-order valence-corrected chi connectivity index (χ1v) is 12.4. The lowest BCUT2D eigenvalue weighted by atomic mass is 10.0. The van der Waals surface area contributed by atoms with Gasteiger partial charge >= 0.3 is 0 Å². The van der Waals surface area contributed by atoms with Crippen LogP contribution in [0.15, 0.2) is 48.5 Å². The van der Waals surface area contributed by atoms with Gasteiger partial charge in [0.05, 0.1) is 0 Å². The molecule has 33 heavy (non-hydrogen) atoms. The van der Waals surface area contributed by atoms with Crippen molar-refractivity contribution in [3.63, 3.8) is 0 Å². The highest BCUT2D eigenvalue weighted by molar-refractivity contribution is 5.93. The molecule has 5 heteroatoms. The molecule has 1 aliphatic carbocycles. The molecule has 1 fully saturated rings. The minimum absolute atomic E-state index is 0.0155. The molecule has 178 valence electrons. The van der Waals surface area contributed by atoms with Gasteiger partial charge in [0.25, 0.3) is 0 Å². The van der Waals surface area contributed by atoms with E-state index < -0.39 is 0 Å². The number of amides is 2. The minimum atomic E-state index is 0.0155. The molecule has 1 aliphatic rings. The van der Waals surface area contributed by atoms with E-state index >= 15 is 0 Å². The maximum absolute atomic E-state index is 13.5. The predicted molar refractivity (Wildman–Crippen MR) is 136 cm³/mol. The van der Waals surface area contributed by atoms with Gasteiger partial charge in [0.15, 0.2) is 0 Å². The first-order chi connectivity index (χ1) is 15.9. The van der Waals surface area contributed by atoms with E-state index in [1.807, 2.05) is 55.4 Å². The highest BCUT2D eigenvalue weighted by Gasteiger charge is 2.25. The third kappa shape index (κ3) is 6.59. The van der Waals surface area contributed by atoms with Crippen LogP contribution in [-0.4, -0.2) is 30.8 Å². The smallest absolute Gasteiger partial charge is 0.227 e. The summed E-state index contributed by atoms with van der Waals surface area (Å²) in [7, 11) is 4.03. The standard InChI is InChI=1S/C28H39N3O2/c1-5-22(6-2)28(33)31(19-21-12-8-7-9-13-21)20-24-18-25(16-17-26(24)30(3)4)29-27(32)23-14-10-11-15-23/h7-9,12-13,16-18,22-23H,5-6,10-11,14-15,19-20H2,1-4H3,(H,29,32). The third-order valence-electron chi connectivity index (χ3n) is 6.78. The molecule has 0 unspecified atom stereocenters. The van der Waals surface area contributed by atoms with Gasteiger partial charge in [-0.05, 0) is 55.0 Å². The fraction of sp³-hybridized carbons (Fsp3) is 0.500. The van der Waals surface area contributed by atoms with Gasteiger partial charge in [-0.3, -0.25) is 9.59 Å². The van der Waals surface area contributed by atoms with Crippen LogP contribution < -0.4 is 10.2 Å². The van der Waals surface area contributed by atoms with E-state index in [9.17, 15) is 9.59 Å². The summed E-state index contributed by atoms with van der Waals surface area (Å²) in [5, 5.41) is 3.13. The SMILES string of the molecule is CCC(CC)C(=O)N(Cc1ccccc1)Cc1cc(NC(=O)C2CCCC2)ccc1N(C)C. The molecule has 0 atom stereocenters. The van der Waals surface area contributed by atoms with Crippen LogP contribution in [0.25, 0.3) is 0 Å². The first kappa shape index (κ1) is 24.8. The number of rotatable bonds is 10. The Morgan fingerprint density at radius 3 is 2.24 bits per heavy atom. The van der Waals surface area contributed by atoms with Crippen LogP contribution in [0.5, 0.6) is 0 Å². The van der Waals surface area contributed by atoms with Crippen molar-refractivity contribution in [2.75, 3.05) is 24.3 Å². The van der Waals surface area contributed by atoms with Gasteiger partial charge < -0.3 is 15.1 Å². The molecule has 2 aromatic carbocycles. The highest BCUT2D eigenvalue weighted by atomic mass is 16.2. The molecule has 1 N–H and O–H groups in total. The number of hydrogen-bond donors (Lipinski definition) is 1. The number of benzene rings is 2. The summed E-state index contributed by atoms with van der Waals surface area (Å²) in [6, 6.07) is 16.2. The summed E-state index contributed by atoms with van der Waals surface area (Å²) >= 11 is 0. The van der Waals surface area contributed by atoms with Crippen molar-refractivity contribution in [1.82, 2.24) is 4.90 Å². The maximum Gasteiger partial charge on any atom is 0.227 e. The van der Waals surface area contributed by atoms with Crippen LogP contribution in [-0.2, 0) is 22.7 Å². The van der Waals surface area contributed by atoms with E-state index in [1.54, 1.807) is 0 Å². The summed E-state index contributed by atoms with van der Waals surface area (Å²) in [4.78, 5) is 30.2. The van der Waals surface area contributed by atoms with Gasteiger partial charge in [0, 0.05) is 50.4 Å². The number of carbonyl (C=O) groups excluding carboxylic acids is 2. The molecule has 0 aromatic heterocycles. The van der Waals surface area contributed by atoms with Gasteiger partial charge in [-0.1, -0.05) is 57.0 Å². The number of hydrogen-bond acceptors (Lipinski definition) is 3. The summed E-state index contributed by atoms with van der Waals surface area (Å²) in [6.07, 6.45) is 5.88. The number of anilines is 2. The van der Waals surface area contributed by atoms with Crippen molar-refractivity contribution in [1.29, 1.82) is 0 Å².